The quantitative estimate of drug-likeness (QED) is 0.680. The predicted molar refractivity (Wildman–Crippen MR) is 54.3 cm³/mol. The Morgan fingerprint density at radius 1 is 1.43 bits per heavy atom. The highest BCUT2D eigenvalue weighted by Crippen LogP contribution is 2.34. The number of ketones is 1. The maximum atomic E-state index is 11.6. The van der Waals surface area contributed by atoms with Crippen LogP contribution < -0.4 is 0 Å². The van der Waals surface area contributed by atoms with E-state index in [1.54, 1.807) is 6.92 Å². The van der Waals surface area contributed by atoms with Crippen LogP contribution >= 0.6 is 0 Å². The van der Waals surface area contributed by atoms with E-state index >= 15 is 0 Å². The Labute approximate surface area is 83.6 Å². The predicted octanol–water partition coefficient (Wildman–Crippen LogP) is 2.18. The summed E-state index contributed by atoms with van der Waals surface area (Å²) in [6.07, 6.45) is 0.978. The van der Waals surface area contributed by atoms with Crippen molar-refractivity contribution in [3.8, 4) is 0 Å². The molecule has 1 aromatic rings. The molecule has 0 spiro atoms. The lowest BCUT2D eigenvalue weighted by molar-refractivity contribution is 0.0364. The monoisotopic (exact) mass is 190 g/mol. The normalized spacial score (nSPS) is 26.1. The van der Waals surface area contributed by atoms with Gasteiger partial charge in [-0.25, -0.2) is 0 Å². The highest BCUT2D eigenvalue weighted by molar-refractivity contribution is 5.99. The lowest BCUT2D eigenvalue weighted by Gasteiger charge is -2.30. The first kappa shape index (κ1) is 9.41. The SMILES string of the molecule is Cc1ccc2c(c1)C(=O)CCC2(C)O. The van der Waals surface area contributed by atoms with Crippen molar-refractivity contribution in [2.24, 2.45) is 0 Å². The Kier molecular flexibility index (Phi) is 1.96. The number of hydrogen-bond donors (Lipinski definition) is 1. The molecule has 0 aliphatic heterocycles. The van der Waals surface area contributed by atoms with Gasteiger partial charge in [0.25, 0.3) is 0 Å². The Balaban J connectivity index is 2.63. The fraction of sp³-hybridized carbons (Fsp3) is 0.417. The molecule has 0 bridgehead atoms. The Morgan fingerprint density at radius 2 is 2.14 bits per heavy atom. The second kappa shape index (κ2) is 2.92. The molecule has 14 heavy (non-hydrogen) atoms. The van der Waals surface area contributed by atoms with Crippen molar-refractivity contribution in [3.05, 3.63) is 34.9 Å². The number of carbonyl (C=O) groups excluding carboxylic acids is 1. The molecular weight excluding hydrogens is 176 g/mol. The Bertz CT molecular complexity index is 391. The summed E-state index contributed by atoms with van der Waals surface area (Å²) in [5.41, 5.74) is 1.70. The number of benzene rings is 1. The summed E-state index contributed by atoms with van der Waals surface area (Å²) < 4.78 is 0. The summed E-state index contributed by atoms with van der Waals surface area (Å²) in [6, 6.07) is 5.67. The highest BCUT2D eigenvalue weighted by Gasteiger charge is 2.33. The molecule has 0 saturated carbocycles. The fourth-order valence-electron chi connectivity index (χ4n) is 1.98. The van der Waals surface area contributed by atoms with Crippen LogP contribution in [-0.4, -0.2) is 10.9 Å². The number of Topliss-reactive ketones (excluding diaryl/α,β-unsaturated/α-hetero) is 1. The van der Waals surface area contributed by atoms with Gasteiger partial charge in [0, 0.05) is 12.0 Å². The zero-order valence-electron chi connectivity index (χ0n) is 8.50. The number of rotatable bonds is 0. The smallest absolute Gasteiger partial charge is 0.163 e. The third kappa shape index (κ3) is 1.36. The first-order valence-electron chi connectivity index (χ1n) is 4.87. The molecule has 2 rings (SSSR count). The third-order valence-corrected chi connectivity index (χ3v) is 2.89. The summed E-state index contributed by atoms with van der Waals surface area (Å²) in [6.45, 7) is 3.73. The number of aryl methyl sites for hydroxylation is 1. The second-order valence-electron chi connectivity index (χ2n) is 4.25. The molecule has 1 unspecified atom stereocenters. The third-order valence-electron chi connectivity index (χ3n) is 2.89. The van der Waals surface area contributed by atoms with Crippen molar-refractivity contribution in [1.82, 2.24) is 0 Å². The minimum Gasteiger partial charge on any atom is -0.385 e. The minimum atomic E-state index is -0.836. The molecule has 1 N–H and O–H groups in total. The summed E-state index contributed by atoms with van der Waals surface area (Å²) >= 11 is 0. The molecular formula is C12H14O2. The van der Waals surface area contributed by atoms with Crippen LogP contribution in [0.1, 0.15) is 41.3 Å². The molecule has 0 radical (unpaired) electrons. The summed E-state index contributed by atoms with van der Waals surface area (Å²) in [5.74, 6) is 0.148. The minimum absolute atomic E-state index is 0.148. The molecule has 74 valence electrons. The zero-order valence-corrected chi connectivity index (χ0v) is 8.50. The van der Waals surface area contributed by atoms with E-state index in [1.165, 1.54) is 0 Å². The van der Waals surface area contributed by atoms with E-state index in [1.807, 2.05) is 25.1 Å². The topological polar surface area (TPSA) is 37.3 Å². The molecule has 1 atom stereocenters. The van der Waals surface area contributed by atoms with Crippen molar-refractivity contribution < 1.29 is 9.90 Å². The first-order valence-corrected chi connectivity index (χ1v) is 4.87. The average molecular weight is 190 g/mol. The van der Waals surface area contributed by atoms with Crippen LogP contribution in [-0.2, 0) is 5.60 Å². The Hall–Kier alpha value is -1.15. The number of hydrogen-bond acceptors (Lipinski definition) is 2. The molecule has 2 nitrogen and oxygen atoms in total. The Morgan fingerprint density at radius 3 is 2.86 bits per heavy atom. The lowest BCUT2D eigenvalue weighted by atomic mass is 9.79. The molecule has 0 heterocycles. The molecule has 1 aliphatic rings. The molecule has 1 aromatic carbocycles. The van der Waals surface area contributed by atoms with Crippen LogP contribution in [0.25, 0.3) is 0 Å². The van der Waals surface area contributed by atoms with Gasteiger partial charge in [0.1, 0.15) is 0 Å². The van der Waals surface area contributed by atoms with Crippen LogP contribution in [0.2, 0.25) is 0 Å². The van der Waals surface area contributed by atoms with Gasteiger partial charge in [-0.1, -0.05) is 17.7 Å². The summed E-state index contributed by atoms with van der Waals surface area (Å²) in [4.78, 5) is 11.6. The number of carbonyl (C=O) groups is 1. The van der Waals surface area contributed by atoms with E-state index in [4.69, 9.17) is 0 Å². The van der Waals surface area contributed by atoms with E-state index in [9.17, 15) is 9.90 Å². The largest absolute Gasteiger partial charge is 0.385 e. The van der Waals surface area contributed by atoms with Crippen LogP contribution in [0.4, 0.5) is 0 Å². The van der Waals surface area contributed by atoms with Crippen molar-refractivity contribution >= 4 is 5.78 Å². The van der Waals surface area contributed by atoms with E-state index in [-0.39, 0.29) is 5.78 Å². The molecule has 0 aromatic heterocycles. The molecule has 0 saturated heterocycles. The molecule has 1 aliphatic carbocycles. The van der Waals surface area contributed by atoms with E-state index in [0.717, 1.165) is 11.1 Å². The van der Waals surface area contributed by atoms with Crippen LogP contribution in [0, 0.1) is 6.92 Å². The fourth-order valence-corrected chi connectivity index (χ4v) is 1.98. The maximum absolute atomic E-state index is 11.6. The van der Waals surface area contributed by atoms with Gasteiger partial charge in [-0.05, 0) is 31.9 Å². The van der Waals surface area contributed by atoms with Gasteiger partial charge >= 0.3 is 0 Å². The van der Waals surface area contributed by atoms with Crippen molar-refractivity contribution in [2.75, 3.05) is 0 Å². The van der Waals surface area contributed by atoms with Gasteiger partial charge in [0.05, 0.1) is 5.60 Å². The zero-order chi connectivity index (χ0) is 10.3. The summed E-state index contributed by atoms with van der Waals surface area (Å²) in [7, 11) is 0. The second-order valence-corrected chi connectivity index (χ2v) is 4.25. The van der Waals surface area contributed by atoms with Gasteiger partial charge in [-0.2, -0.15) is 0 Å². The van der Waals surface area contributed by atoms with E-state index in [2.05, 4.69) is 0 Å². The standard InChI is InChI=1S/C12H14O2/c1-8-3-4-10-9(7-8)11(13)5-6-12(10,2)14/h3-4,7,14H,5-6H2,1-2H3. The number of aliphatic hydroxyl groups is 1. The van der Waals surface area contributed by atoms with Crippen LogP contribution in [0.3, 0.4) is 0 Å². The first-order chi connectivity index (χ1) is 6.50. The maximum Gasteiger partial charge on any atom is 0.163 e. The van der Waals surface area contributed by atoms with Crippen molar-refractivity contribution in [2.45, 2.75) is 32.3 Å². The van der Waals surface area contributed by atoms with Crippen LogP contribution in [0.5, 0.6) is 0 Å². The van der Waals surface area contributed by atoms with Gasteiger partial charge in [-0.15, -0.1) is 0 Å². The van der Waals surface area contributed by atoms with E-state index in [0.29, 0.717) is 18.4 Å². The number of fused-ring (bicyclic) bond motifs is 1. The van der Waals surface area contributed by atoms with Gasteiger partial charge in [-0.3, -0.25) is 4.79 Å². The molecule has 2 heteroatoms. The van der Waals surface area contributed by atoms with Crippen molar-refractivity contribution in [3.63, 3.8) is 0 Å². The van der Waals surface area contributed by atoms with Gasteiger partial charge in [0.15, 0.2) is 5.78 Å². The van der Waals surface area contributed by atoms with E-state index < -0.39 is 5.60 Å². The average Bonchev–Trinajstić information content (AvgIpc) is 2.12. The molecule has 0 amide bonds. The summed E-state index contributed by atoms with van der Waals surface area (Å²) in [5, 5.41) is 10.1. The van der Waals surface area contributed by atoms with Crippen molar-refractivity contribution in [1.29, 1.82) is 0 Å². The van der Waals surface area contributed by atoms with Gasteiger partial charge in [0.2, 0.25) is 0 Å². The molecule has 0 fully saturated rings. The lowest BCUT2D eigenvalue weighted by Crippen LogP contribution is -2.29. The highest BCUT2D eigenvalue weighted by atomic mass is 16.3. The van der Waals surface area contributed by atoms with Gasteiger partial charge < -0.3 is 5.11 Å². The van der Waals surface area contributed by atoms with Crippen LogP contribution in [0.15, 0.2) is 18.2 Å².